The zero-order valence-electron chi connectivity index (χ0n) is 16.8. The number of anilines is 1. The Hall–Kier alpha value is -2.83. The van der Waals surface area contributed by atoms with Crippen molar-refractivity contribution >= 4 is 11.7 Å². The average molecular weight is 384 g/mol. The molecular formula is C21H28N4O3. The van der Waals surface area contributed by atoms with E-state index in [-0.39, 0.29) is 5.91 Å². The molecule has 0 bridgehead atoms. The molecule has 1 aliphatic rings. The summed E-state index contributed by atoms with van der Waals surface area (Å²) in [5, 5.41) is 0. The van der Waals surface area contributed by atoms with Crippen LogP contribution in [0.5, 0.6) is 17.4 Å². The second kappa shape index (κ2) is 9.39. The Kier molecular flexibility index (Phi) is 6.68. The summed E-state index contributed by atoms with van der Waals surface area (Å²) in [6.07, 6.45) is 5.58. The molecule has 1 fully saturated rings. The summed E-state index contributed by atoms with van der Waals surface area (Å²) in [6.45, 7) is 6.99. The van der Waals surface area contributed by atoms with Gasteiger partial charge in [-0.2, -0.15) is 4.98 Å². The summed E-state index contributed by atoms with van der Waals surface area (Å²) in [5.41, 5.74) is 0. The van der Waals surface area contributed by atoms with E-state index in [0.717, 1.165) is 50.6 Å². The zero-order chi connectivity index (χ0) is 19.9. The monoisotopic (exact) mass is 384 g/mol. The van der Waals surface area contributed by atoms with Crippen LogP contribution in [0.1, 0.15) is 26.7 Å². The van der Waals surface area contributed by atoms with Gasteiger partial charge in [0.15, 0.2) is 5.82 Å². The molecule has 1 amide bonds. The van der Waals surface area contributed by atoms with E-state index in [4.69, 9.17) is 9.47 Å². The first-order valence-electron chi connectivity index (χ1n) is 9.73. The number of rotatable bonds is 7. The molecule has 2 aromatic rings. The predicted molar refractivity (Wildman–Crippen MR) is 108 cm³/mol. The van der Waals surface area contributed by atoms with Crippen molar-refractivity contribution in [1.29, 1.82) is 0 Å². The Morgan fingerprint density at radius 1 is 1.25 bits per heavy atom. The normalized spacial score (nSPS) is 16.5. The number of carbonyl (C=O) groups is 1. The predicted octanol–water partition coefficient (Wildman–Crippen LogP) is 3.36. The number of amides is 1. The number of hydrogen-bond donors (Lipinski definition) is 0. The molecule has 1 unspecified atom stereocenters. The van der Waals surface area contributed by atoms with Crippen LogP contribution in [-0.2, 0) is 4.79 Å². The fourth-order valence-electron chi connectivity index (χ4n) is 3.52. The minimum atomic E-state index is 0.134. The number of piperidine rings is 1. The zero-order valence-corrected chi connectivity index (χ0v) is 16.8. The lowest BCUT2D eigenvalue weighted by Gasteiger charge is -2.35. The number of carbonyl (C=O) groups excluding carboxylic acids is 1. The van der Waals surface area contributed by atoms with E-state index in [1.165, 1.54) is 0 Å². The summed E-state index contributed by atoms with van der Waals surface area (Å²) in [6, 6.07) is 7.36. The first-order valence-corrected chi connectivity index (χ1v) is 9.73. The van der Waals surface area contributed by atoms with Crippen LogP contribution in [-0.4, -0.2) is 54.1 Å². The van der Waals surface area contributed by atoms with Gasteiger partial charge in [-0.1, -0.05) is 0 Å². The Morgan fingerprint density at radius 2 is 2.00 bits per heavy atom. The van der Waals surface area contributed by atoms with E-state index in [9.17, 15) is 4.79 Å². The van der Waals surface area contributed by atoms with Gasteiger partial charge < -0.3 is 19.3 Å². The second-order valence-electron chi connectivity index (χ2n) is 7.01. The van der Waals surface area contributed by atoms with Crippen molar-refractivity contribution < 1.29 is 14.3 Å². The van der Waals surface area contributed by atoms with Crippen LogP contribution >= 0.6 is 0 Å². The molecule has 1 aliphatic heterocycles. The van der Waals surface area contributed by atoms with Crippen LogP contribution in [0.15, 0.2) is 36.7 Å². The molecule has 7 heteroatoms. The molecule has 0 aliphatic carbocycles. The molecule has 0 N–H and O–H groups in total. The number of nitrogens with zero attached hydrogens (tertiary/aromatic N) is 4. The summed E-state index contributed by atoms with van der Waals surface area (Å²) in [4.78, 5) is 24.8. The number of benzene rings is 1. The molecule has 2 heterocycles. The highest BCUT2D eigenvalue weighted by Gasteiger charge is 2.24. The number of hydrogen-bond acceptors (Lipinski definition) is 6. The van der Waals surface area contributed by atoms with Gasteiger partial charge in [0.2, 0.25) is 11.8 Å². The molecule has 1 aromatic heterocycles. The number of aromatic nitrogens is 2. The van der Waals surface area contributed by atoms with Gasteiger partial charge in [0.1, 0.15) is 11.5 Å². The standard InChI is InChI=1S/C21H28N4O3/c1-4-24(16(2)26)14-17-6-5-11-25(15-17)20-12-22-13-21(23-20)28-19-9-7-18(27-3)8-10-19/h7-10,12-13,17H,4-6,11,14-15H2,1-3H3. The summed E-state index contributed by atoms with van der Waals surface area (Å²) in [5.74, 6) is 3.30. The maximum absolute atomic E-state index is 11.7. The van der Waals surface area contributed by atoms with E-state index in [0.29, 0.717) is 17.5 Å². The molecule has 1 saturated heterocycles. The van der Waals surface area contributed by atoms with Gasteiger partial charge in [-0.3, -0.25) is 9.78 Å². The van der Waals surface area contributed by atoms with Gasteiger partial charge in [-0.15, -0.1) is 0 Å². The highest BCUT2D eigenvalue weighted by Crippen LogP contribution is 2.26. The highest BCUT2D eigenvalue weighted by molar-refractivity contribution is 5.73. The molecule has 150 valence electrons. The minimum Gasteiger partial charge on any atom is -0.497 e. The van der Waals surface area contributed by atoms with Gasteiger partial charge in [-0.25, -0.2) is 0 Å². The molecule has 1 atom stereocenters. The van der Waals surface area contributed by atoms with Crippen molar-refractivity contribution in [2.75, 3.05) is 38.2 Å². The van der Waals surface area contributed by atoms with Gasteiger partial charge >= 0.3 is 0 Å². The number of methoxy groups -OCH3 is 1. The number of ether oxygens (including phenoxy) is 2. The Morgan fingerprint density at radius 3 is 2.68 bits per heavy atom. The Bertz CT molecular complexity index is 781. The average Bonchev–Trinajstić information content (AvgIpc) is 2.73. The maximum atomic E-state index is 11.7. The van der Waals surface area contributed by atoms with Crippen LogP contribution < -0.4 is 14.4 Å². The molecule has 7 nitrogen and oxygen atoms in total. The van der Waals surface area contributed by atoms with Crippen molar-refractivity contribution in [3.63, 3.8) is 0 Å². The highest BCUT2D eigenvalue weighted by atomic mass is 16.5. The smallest absolute Gasteiger partial charge is 0.239 e. The minimum absolute atomic E-state index is 0.134. The molecular weight excluding hydrogens is 356 g/mol. The van der Waals surface area contributed by atoms with Crippen LogP contribution in [0, 0.1) is 5.92 Å². The third kappa shape index (κ3) is 5.12. The SMILES string of the molecule is CCN(CC1CCCN(c2cncc(Oc3ccc(OC)cc3)n2)C1)C(C)=O. The first-order chi connectivity index (χ1) is 13.6. The van der Waals surface area contributed by atoms with E-state index in [2.05, 4.69) is 14.9 Å². The fraction of sp³-hybridized carbons (Fsp3) is 0.476. The van der Waals surface area contributed by atoms with Gasteiger partial charge in [-0.05, 0) is 49.9 Å². The van der Waals surface area contributed by atoms with Crippen LogP contribution in [0.3, 0.4) is 0 Å². The van der Waals surface area contributed by atoms with Gasteiger partial charge in [0.05, 0.1) is 19.5 Å². The van der Waals surface area contributed by atoms with Crippen molar-refractivity contribution in [2.24, 2.45) is 5.92 Å². The lowest BCUT2D eigenvalue weighted by Crippen LogP contribution is -2.42. The molecule has 28 heavy (non-hydrogen) atoms. The second-order valence-corrected chi connectivity index (χ2v) is 7.01. The molecule has 1 aromatic carbocycles. The fourth-order valence-corrected chi connectivity index (χ4v) is 3.52. The first kappa shape index (κ1) is 19.9. The van der Waals surface area contributed by atoms with E-state index < -0.39 is 0 Å². The van der Waals surface area contributed by atoms with Crippen molar-refractivity contribution in [1.82, 2.24) is 14.9 Å². The third-order valence-corrected chi connectivity index (χ3v) is 5.03. The quantitative estimate of drug-likeness (QED) is 0.729. The van der Waals surface area contributed by atoms with Crippen LogP contribution in [0.4, 0.5) is 5.82 Å². The molecule has 0 saturated carbocycles. The Labute approximate surface area is 166 Å². The summed E-state index contributed by atoms with van der Waals surface area (Å²) >= 11 is 0. The lowest BCUT2D eigenvalue weighted by atomic mass is 9.97. The van der Waals surface area contributed by atoms with E-state index >= 15 is 0 Å². The summed E-state index contributed by atoms with van der Waals surface area (Å²) in [7, 11) is 1.63. The van der Waals surface area contributed by atoms with Crippen molar-refractivity contribution in [2.45, 2.75) is 26.7 Å². The van der Waals surface area contributed by atoms with Crippen LogP contribution in [0.25, 0.3) is 0 Å². The molecule has 0 radical (unpaired) electrons. The lowest BCUT2D eigenvalue weighted by molar-refractivity contribution is -0.129. The van der Waals surface area contributed by atoms with Crippen molar-refractivity contribution in [3.8, 4) is 17.4 Å². The van der Waals surface area contributed by atoms with E-state index in [1.807, 2.05) is 36.1 Å². The van der Waals surface area contributed by atoms with Crippen molar-refractivity contribution in [3.05, 3.63) is 36.7 Å². The molecule has 3 rings (SSSR count). The summed E-state index contributed by atoms with van der Waals surface area (Å²) < 4.78 is 11.0. The van der Waals surface area contributed by atoms with E-state index in [1.54, 1.807) is 26.4 Å². The van der Waals surface area contributed by atoms with Gasteiger partial charge in [0.25, 0.3) is 0 Å². The topological polar surface area (TPSA) is 67.8 Å². The van der Waals surface area contributed by atoms with Gasteiger partial charge in [0, 0.05) is 33.1 Å². The van der Waals surface area contributed by atoms with Crippen LogP contribution in [0.2, 0.25) is 0 Å². The maximum Gasteiger partial charge on any atom is 0.239 e. The Balaban J connectivity index is 1.66. The molecule has 0 spiro atoms. The largest absolute Gasteiger partial charge is 0.497 e. The third-order valence-electron chi connectivity index (χ3n) is 5.03.